The summed E-state index contributed by atoms with van der Waals surface area (Å²) in [6.07, 6.45) is 3.71. The first kappa shape index (κ1) is 13.3. The van der Waals surface area contributed by atoms with Gasteiger partial charge in [0.25, 0.3) is 0 Å². The van der Waals surface area contributed by atoms with Crippen LogP contribution in [0, 0.1) is 0 Å². The van der Waals surface area contributed by atoms with Crippen LogP contribution in [0.3, 0.4) is 0 Å². The molecule has 0 spiro atoms. The monoisotopic (exact) mass is 290 g/mol. The van der Waals surface area contributed by atoms with Crippen molar-refractivity contribution in [2.24, 2.45) is 0 Å². The van der Waals surface area contributed by atoms with Crippen molar-refractivity contribution in [3.05, 3.63) is 34.8 Å². The Balaban J connectivity index is 1.69. The molecule has 0 aliphatic carbocycles. The first-order valence-electron chi connectivity index (χ1n) is 6.82. The number of anilines is 2. The van der Waals surface area contributed by atoms with E-state index in [0.717, 1.165) is 37.6 Å². The normalized spacial score (nSPS) is 18.4. The Morgan fingerprint density at radius 1 is 1.45 bits per heavy atom. The molecule has 1 aliphatic heterocycles. The van der Waals surface area contributed by atoms with Gasteiger partial charge in [-0.3, -0.25) is 0 Å². The zero-order valence-electron chi connectivity index (χ0n) is 11.2. The first-order chi connectivity index (χ1) is 9.86. The standard InChI is InChI=1S/C14H18N4OS/c19-9-11-3-1-5-18(11)14-7-13(16-10-17-14)15-8-12-4-2-6-20-12/h2,4,6-7,10-11,19H,1,3,5,8-9H2,(H,15,16,17)/t11-/m0/s1. The lowest BCUT2D eigenvalue weighted by Crippen LogP contribution is -2.32. The highest BCUT2D eigenvalue weighted by Gasteiger charge is 2.25. The van der Waals surface area contributed by atoms with Gasteiger partial charge in [-0.05, 0) is 24.3 Å². The summed E-state index contributed by atoms with van der Waals surface area (Å²) in [5.41, 5.74) is 0. The highest BCUT2D eigenvalue weighted by Crippen LogP contribution is 2.24. The van der Waals surface area contributed by atoms with Crippen molar-refractivity contribution in [1.82, 2.24) is 9.97 Å². The minimum atomic E-state index is 0.183. The molecule has 5 nitrogen and oxygen atoms in total. The number of aliphatic hydroxyl groups excluding tert-OH is 1. The zero-order valence-corrected chi connectivity index (χ0v) is 12.0. The van der Waals surface area contributed by atoms with E-state index in [2.05, 4.69) is 31.6 Å². The van der Waals surface area contributed by atoms with Crippen molar-refractivity contribution >= 4 is 23.0 Å². The van der Waals surface area contributed by atoms with Crippen molar-refractivity contribution < 1.29 is 5.11 Å². The number of nitrogens with one attached hydrogen (secondary N) is 1. The predicted molar refractivity (Wildman–Crippen MR) is 81.1 cm³/mol. The molecular formula is C14H18N4OS. The van der Waals surface area contributed by atoms with Crippen LogP contribution in [0.4, 0.5) is 11.6 Å². The third kappa shape index (κ3) is 2.91. The molecule has 2 N–H and O–H groups in total. The topological polar surface area (TPSA) is 61.3 Å². The first-order valence-corrected chi connectivity index (χ1v) is 7.70. The Morgan fingerprint density at radius 2 is 2.40 bits per heavy atom. The fourth-order valence-electron chi connectivity index (χ4n) is 2.52. The molecule has 0 aromatic carbocycles. The lowest BCUT2D eigenvalue weighted by molar-refractivity contribution is 0.266. The van der Waals surface area contributed by atoms with E-state index in [1.807, 2.05) is 12.1 Å². The summed E-state index contributed by atoms with van der Waals surface area (Å²) in [5.74, 6) is 1.72. The second-order valence-electron chi connectivity index (χ2n) is 4.87. The van der Waals surface area contributed by atoms with Crippen LogP contribution in [0.1, 0.15) is 17.7 Å². The molecule has 6 heteroatoms. The van der Waals surface area contributed by atoms with Gasteiger partial charge in [-0.25, -0.2) is 9.97 Å². The van der Waals surface area contributed by atoms with Crippen LogP contribution < -0.4 is 10.2 Å². The molecule has 0 amide bonds. The van der Waals surface area contributed by atoms with Crippen LogP contribution in [-0.4, -0.2) is 34.3 Å². The fraction of sp³-hybridized carbons (Fsp3) is 0.429. The zero-order chi connectivity index (χ0) is 13.8. The van der Waals surface area contributed by atoms with Gasteiger partial charge < -0.3 is 15.3 Å². The van der Waals surface area contributed by atoms with Gasteiger partial charge in [-0.15, -0.1) is 11.3 Å². The van der Waals surface area contributed by atoms with Gasteiger partial charge in [0.2, 0.25) is 0 Å². The highest BCUT2D eigenvalue weighted by atomic mass is 32.1. The van der Waals surface area contributed by atoms with Crippen LogP contribution in [-0.2, 0) is 6.54 Å². The summed E-state index contributed by atoms with van der Waals surface area (Å²) in [5, 5.41) is 14.8. The van der Waals surface area contributed by atoms with Crippen molar-refractivity contribution in [3.8, 4) is 0 Å². The summed E-state index contributed by atoms with van der Waals surface area (Å²) in [6.45, 7) is 1.91. The SMILES string of the molecule is OC[C@@H]1CCCN1c1cc(NCc2cccs2)ncn1. The molecule has 1 atom stereocenters. The van der Waals surface area contributed by atoms with Crippen LogP contribution in [0.15, 0.2) is 29.9 Å². The Labute approximate surface area is 122 Å². The summed E-state index contributed by atoms with van der Waals surface area (Å²) < 4.78 is 0. The lowest BCUT2D eigenvalue weighted by Gasteiger charge is -2.24. The van der Waals surface area contributed by atoms with E-state index in [-0.39, 0.29) is 12.6 Å². The summed E-state index contributed by atoms with van der Waals surface area (Å²) in [6, 6.07) is 6.29. The Bertz CT molecular complexity index is 546. The number of thiophene rings is 1. The summed E-state index contributed by atoms with van der Waals surface area (Å²) >= 11 is 1.73. The average Bonchev–Trinajstić information content (AvgIpc) is 3.16. The van der Waals surface area contributed by atoms with Crippen LogP contribution in [0.5, 0.6) is 0 Å². The number of rotatable bonds is 5. The Morgan fingerprint density at radius 3 is 3.20 bits per heavy atom. The quantitative estimate of drug-likeness (QED) is 0.883. The molecule has 3 rings (SSSR count). The van der Waals surface area contributed by atoms with Crippen molar-refractivity contribution in [1.29, 1.82) is 0 Å². The number of aliphatic hydroxyl groups is 1. The van der Waals surface area contributed by atoms with Gasteiger partial charge in [0, 0.05) is 17.5 Å². The van der Waals surface area contributed by atoms with Gasteiger partial charge in [0.1, 0.15) is 18.0 Å². The molecule has 0 radical (unpaired) electrons. The molecule has 2 aromatic heterocycles. The number of aromatic nitrogens is 2. The van der Waals surface area contributed by atoms with Crippen molar-refractivity contribution in [2.75, 3.05) is 23.4 Å². The minimum Gasteiger partial charge on any atom is -0.394 e. The smallest absolute Gasteiger partial charge is 0.134 e. The third-order valence-corrected chi connectivity index (χ3v) is 4.44. The predicted octanol–water partition coefficient (Wildman–Crippen LogP) is 2.11. The van der Waals surface area contributed by atoms with Gasteiger partial charge in [-0.2, -0.15) is 0 Å². The number of hydrogen-bond acceptors (Lipinski definition) is 6. The van der Waals surface area contributed by atoms with Crippen LogP contribution in [0.2, 0.25) is 0 Å². The maximum atomic E-state index is 9.40. The average molecular weight is 290 g/mol. The molecule has 0 saturated carbocycles. The molecule has 0 unspecified atom stereocenters. The Kier molecular flexibility index (Phi) is 4.13. The molecule has 3 heterocycles. The van der Waals surface area contributed by atoms with E-state index in [1.165, 1.54) is 4.88 Å². The highest BCUT2D eigenvalue weighted by molar-refractivity contribution is 7.09. The molecule has 1 saturated heterocycles. The molecule has 1 fully saturated rings. The minimum absolute atomic E-state index is 0.183. The summed E-state index contributed by atoms with van der Waals surface area (Å²) in [4.78, 5) is 12.0. The number of hydrogen-bond donors (Lipinski definition) is 2. The Hall–Kier alpha value is -1.66. The van der Waals surface area contributed by atoms with E-state index in [4.69, 9.17) is 0 Å². The van der Waals surface area contributed by atoms with Gasteiger partial charge in [0.15, 0.2) is 0 Å². The van der Waals surface area contributed by atoms with Gasteiger partial charge in [0.05, 0.1) is 19.2 Å². The molecule has 106 valence electrons. The van der Waals surface area contributed by atoms with Crippen molar-refractivity contribution in [2.45, 2.75) is 25.4 Å². The molecule has 1 aliphatic rings. The molecule has 2 aromatic rings. The maximum Gasteiger partial charge on any atom is 0.134 e. The van der Waals surface area contributed by atoms with E-state index in [1.54, 1.807) is 17.7 Å². The molecule has 0 bridgehead atoms. The van der Waals surface area contributed by atoms with E-state index in [9.17, 15) is 5.11 Å². The second kappa shape index (κ2) is 6.19. The summed E-state index contributed by atoms with van der Waals surface area (Å²) in [7, 11) is 0. The maximum absolute atomic E-state index is 9.40. The third-order valence-electron chi connectivity index (χ3n) is 3.56. The number of nitrogens with zero attached hydrogens (tertiary/aromatic N) is 3. The fourth-order valence-corrected chi connectivity index (χ4v) is 3.16. The van der Waals surface area contributed by atoms with E-state index in [0.29, 0.717) is 0 Å². The van der Waals surface area contributed by atoms with E-state index >= 15 is 0 Å². The largest absolute Gasteiger partial charge is 0.394 e. The van der Waals surface area contributed by atoms with Crippen LogP contribution >= 0.6 is 11.3 Å². The second-order valence-corrected chi connectivity index (χ2v) is 5.90. The van der Waals surface area contributed by atoms with Crippen LogP contribution in [0.25, 0.3) is 0 Å². The lowest BCUT2D eigenvalue weighted by atomic mass is 10.2. The van der Waals surface area contributed by atoms with Gasteiger partial charge >= 0.3 is 0 Å². The van der Waals surface area contributed by atoms with Crippen molar-refractivity contribution in [3.63, 3.8) is 0 Å². The van der Waals surface area contributed by atoms with E-state index < -0.39 is 0 Å². The molecule has 20 heavy (non-hydrogen) atoms. The molecular weight excluding hydrogens is 272 g/mol. The van der Waals surface area contributed by atoms with Gasteiger partial charge in [-0.1, -0.05) is 6.07 Å².